The third-order valence-corrected chi connectivity index (χ3v) is 3.13. The Morgan fingerprint density at radius 3 is 2.80 bits per heavy atom. The van der Waals surface area contributed by atoms with Gasteiger partial charge in [0.05, 0.1) is 12.7 Å². The molecule has 1 aliphatic rings. The van der Waals surface area contributed by atoms with Crippen molar-refractivity contribution in [3.8, 4) is 0 Å². The molecule has 1 rings (SSSR count). The molecule has 0 aliphatic carbocycles. The number of amides is 1. The summed E-state index contributed by atoms with van der Waals surface area (Å²) in [5, 5.41) is 3.29. The Kier molecular flexibility index (Phi) is 5.09. The maximum Gasteiger partial charge on any atom is 0.238 e. The Bertz CT molecular complexity index is 206. The third-order valence-electron chi connectivity index (χ3n) is 3.13. The summed E-state index contributed by atoms with van der Waals surface area (Å²) in [6.45, 7) is 7.06. The van der Waals surface area contributed by atoms with E-state index in [9.17, 15) is 4.79 Å². The molecular weight excluding hydrogens is 188 g/mol. The SMILES string of the molecule is CCCCC(C)N1C(=O)CNC1CCC. The van der Waals surface area contributed by atoms with Crippen LogP contribution in [0.1, 0.15) is 52.9 Å². The number of unbranched alkanes of at least 4 members (excludes halogenated alkanes) is 1. The van der Waals surface area contributed by atoms with Crippen molar-refractivity contribution >= 4 is 5.91 Å². The maximum absolute atomic E-state index is 11.7. The van der Waals surface area contributed by atoms with E-state index in [1.807, 2.05) is 0 Å². The number of nitrogens with zero attached hydrogens (tertiary/aromatic N) is 1. The number of hydrogen-bond donors (Lipinski definition) is 1. The van der Waals surface area contributed by atoms with Gasteiger partial charge in [0.25, 0.3) is 0 Å². The fourth-order valence-corrected chi connectivity index (χ4v) is 2.27. The lowest BCUT2D eigenvalue weighted by Crippen LogP contribution is -2.43. The molecule has 1 N–H and O–H groups in total. The predicted octanol–water partition coefficient (Wildman–Crippen LogP) is 2.12. The minimum Gasteiger partial charge on any atom is -0.323 e. The van der Waals surface area contributed by atoms with Crippen LogP contribution in [0.3, 0.4) is 0 Å². The van der Waals surface area contributed by atoms with Gasteiger partial charge in [-0.2, -0.15) is 0 Å². The molecule has 2 unspecified atom stereocenters. The first kappa shape index (κ1) is 12.5. The van der Waals surface area contributed by atoms with Crippen LogP contribution in [0.4, 0.5) is 0 Å². The molecule has 1 heterocycles. The summed E-state index contributed by atoms with van der Waals surface area (Å²) < 4.78 is 0. The van der Waals surface area contributed by atoms with Gasteiger partial charge in [0, 0.05) is 6.04 Å². The van der Waals surface area contributed by atoms with Crippen LogP contribution in [0.2, 0.25) is 0 Å². The monoisotopic (exact) mass is 212 g/mol. The molecule has 88 valence electrons. The van der Waals surface area contributed by atoms with E-state index in [1.165, 1.54) is 12.8 Å². The normalized spacial score (nSPS) is 23.5. The third kappa shape index (κ3) is 3.20. The zero-order chi connectivity index (χ0) is 11.3. The van der Waals surface area contributed by atoms with Crippen LogP contribution in [-0.2, 0) is 4.79 Å². The van der Waals surface area contributed by atoms with Crippen LogP contribution in [-0.4, -0.2) is 29.6 Å². The van der Waals surface area contributed by atoms with Crippen molar-refractivity contribution in [2.75, 3.05) is 6.54 Å². The zero-order valence-electron chi connectivity index (χ0n) is 10.3. The molecule has 0 radical (unpaired) electrons. The van der Waals surface area contributed by atoms with Gasteiger partial charge in [0.1, 0.15) is 0 Å². The molecule has 1 aliphatic heterocycles. The van der Waals surface area contributed by atoms with Gasteiger partial charge in [-0.05, 0) is 19.8 Å². The van der Waals surface area contributed by atoms with Crippen molar-refractivity contribution in [3.63, 3.8) is 0 Å². The molecule has 15 heavy (non-hydrogen) atoms. The minimum atomic E-state index is 0.275. The Morgan fingerprint density at radius 1 is 1.47 bits per heavy atom. The molecule has 0 saturated carbocycles. The van der Waals surface area contributed by atoms with E-state index in [4.69, 9.17) is 0 Å². The highest BCUT2D eigenvalue weighted by Gasteiger charge is 2.32. The van der Waals surface area contributed by atoms with Crippen molar-refractivity contribution in [2.24, 2.45) is 0 Å². The molecule has 0 spiro atoms. The summed E-state index contributed by atoms with van der Waals surface area (Å²) in [5.41, 5.74) is 0. The van der Waals surface area contributed by atoms with Gasteiger partial charge in [0.15, 0.2) is 0 Å². The first-order valence-corrected chi connectivity index (χ1v) is 6.25. The molecule has 3 nitrogen and oxygen atoms in total. The highest BCUT2D eigenvalue weighted by molar-refractivity contribution is 5.80. The summed E-state index contributed by atoms with van der Waals surface area (Å²) in [4.78, 5) is 13.8. The van der Waals surface area contributed by atoms with Gasteiger partial charge in [-0.15, -0.1) is 0 Å². The fourth-order valence-electron chi connectivity index (χ4n) is 2.27. The van der Waals surface area contributed by atoms with Crippen molar-refractivity contribution in [1.29, 1.82) is 0 Å². The fraction of sp³-hybridized carbons (Fsp3) is 0.917. The van der Waals surface area contributed by atoms with Crippen molar-refractivity contribution < 1.29 is 4.79 Å². The predicted molar refractivity (Wildman–Crippen MR) is 62.5 cm³/mol. The van der Waals surface area contributed by atoms with Crippen LogP contribution in [0.5, 0.6) is 0 Å². The van der Waals surface area contributed by atoms with Crippen LogP contribution >= 0.6 is 0 Å². The van der Waals surface area contributed by atoms with Crippen molar-refractivity contribution in [1.82, 2.24) is 10.2 Å². The van der Waals surface area contributed by atoms with Crippen molar-refractivity contribution in [2.45, 2.75) is 65.1 Å². The average Bonchev–Trinajstić information content (AvgIpc) is 2.57. The second-order valence-corrected chi connectivity index (χ2v) is 4.48. The summed E-state index contributed by atoms with van der Waals surface area (Å²) in [6, 6.07) is 0.393. The molecule has 0 aromatic rings. The number of carbonyl (C=O) groups is 1. The van der Waals surface area contributed by atoms with E-state index in [0.717, 1.165) is 19.3 Å². The average molecular weight is 212 g/mol. The Morgan fingerprint density at radius 2 is 2.20 bits per heavy atom. The van der Waals surface area contributed by atoms with E-state index < -0.39 is 0 Å². The van der Waals surface area contributed by atoms with Crippen LogP contribution in [0.25, 0.3) is 0 Å². The molecule has 3 heteroatoms. The van der Waals surface area contributed by atoms with E-state index in [1.54, 1.807) is 0 Å². The van der Waals surface area contributed by atoms with E-state index in [0.29, 0.717) is 12.6 Å². The number of hydrogen-bond acceptors (Lipinski definition) is 2. The highest BCUT2D eigenvalue weighted by Crippen LogP contribution is 2.17. The van der Waals surface area contributed by atoms with E-state index in [2.05, 4.69) is 31.0 Å². The van der Waals surface area contributed by atoms with E-state index >= 15 is 0 Å². The first-order chi connectivity index (χ1) is 7.20. The van der Waals surface area contributed by atoms with Gasteiger partial charge in [0.2, 0.25) is 5.91 Å². The topological polar surface area (TPSA) is 32.3 Å². The van der Waals surface area contributed by atoms with E-state index in [-0.39, 0.29) is 12.1 Å². The summed E-state index contributed by atoms with van der Waals surface area (Å²) in [5.74, 6) is 0.275. The van der Waals surface area contributed by atoms with Crippen LogP contribution in [0.15, 0.2) is 0 Å². The van der Waals surface area contributed by atoms with Gasteiger partial charge in [-0.3, -0.25) is 10.1 Å². The van der Waals surface area contributed by atoms with Gasteiger partial charge < -0.3 is 4.90 Å². The molecule has 0 aromatic carbocycles. The lowest BCUT2D eigenvalue weighted by atomic mass is 10.1. The lowest BCUT2D eigenvalue weighted by Gasteiger charge is -2.30. The molecule has 0 bridgehead atoms. The Hall–Kier alpha value is -0.570. The number of nitrogens with one attached hydrogen (secondary N) is 1. The highest BCUT2D eigenvalue weighted by atomic mass is 16.2. The quantitative estimate of drug-likeness (QED) is 0.731. The van der Waals surface area contributed by atoms with Crippen LogP contribution in [0, 0.1) is 0 Å². The summed E-state index contributed by atoms with van der Waals surface area (Å²) in [6.07, 6.45) is 6.03. The second-order valence-electron chi connectivity index (χ2n) is 4.48. The number of carbonyl (C=O) groups excluding carboxylic acids is 1. The molecular formula is C12H24N2O. The summed E-state index contributed by atoms with van der Waals surface area (Å²) in [7, 11) is 0. The smallest absolute Gasteiger partial charge is 0.238 e. The molecule has 2 atom stereocenters. The lowest BCUT2D eigenvalue weighted by molar-refractivity contribution is -0.130. The number of rotatable bonds is 6. The summed E-state index contributed by atoms with van der Waals surface area (Å²) >= 11 is 0. The largest absolute Gasteiger partial charge is 0.323 e. The Balaban J connectivity index is 2.50. The minimum absolute atomic E-state index is 0.275. The molecule has 0 aromatic heterocycles. The van der Waals surface area contributed by atoms with Crippen LogP contribution < -0.4 is 5.32 Å². The first-order valence-electron chi connectivity index (χ1n) is 6.25. The maximum atomic E-state index is 11.7. The Labute approximate surface area is 93.2 Å². The second kappa shape index (κ2) is 6.11. The van der Waals surface area contributed by atoms with Crippen molar-refractivity contribution in [3.05, 3.63) is 0 Å². The molecule has 1 saturated heterocycles. The molecule has 1 amide bonds. The van der Waals surface area contributed by atoms with Gasteiger partial charge in [-0.1, -0.05) is 33.1 Å². The zero-order valence-corrected chi connectivity index (χ0v) is 10.3. The standard InChI is InChI=1S/C12H24N2O/c1-4-6-8-10(3)14-11(7-5-2)13-9-12(14)15/h10-11,13H,4-9H2,1-3H3. The van der Waals surface area contributed by atoms with Gasteiger partial charge in [-0.25, -0.2) is 0 Å². The van der Waals surface area contributed by atoms with Gasteiger partial charge >= 0.3 is 0 Å². The molecule has 1 fully saturated rings.